The van der Waals surface area contributed by atoms with E-state index in [2.05, 4.69) is 24.1 Å². The molecule has 1 aromatic rings. The Morgan fingerprint density at radius 3 is 2.48 bits per heavy atom. The molecule has 114 valence electrons. The average molecular weight is 308 g/mol. The van der Waals surface area contributed by atoms with Gasteiger partial charge in [-0.3, -0.25) is 4.79 Å². The number of carbonyl (C=O) groups is 1. The van der Waals surface area contributed by atoms with E-state index in [0.29, 0.717) is 21.9 Å². The molecular weight excluding hydrogens is 287 g/mol. The number of carbonyl (C=O) groups excluding carboxylic acids is 1. The Morgan fingerprint density at radius 1 is 1.29 bits per heavy atom. The highest BCUT2D eigenvalue weighted by Crippen LogP contribution is 2.69. The highest BCUT2D eigenvalue weighted by molar-refractivity contribution is 7.14. The van der Waals surface area contributed by atoms with Crippen LogP contribution in [0.4, 0.5) is 9.52 Å². The number of hydrogen-bond donors (Lipinski definition) is 1. The molecule has 1 N–H and O–H groups in total. The monoisotopic (exact) mass is 308 g/mol. The van der Waals surface area contributed by atoms with Crippen LogP contribution in [-0.4, -0.2) is 10.9 Å². The molecule has 4 saturated carbocycles. The molecule has 5 rings (SSSR count). The zero-order valence-electron chi connectivity index (χ0n) is 12.5. The first kappa shape index (κ1) is 13.7. The highest BCUT2D eigenvalue weighted by atomic mass is 32.1. The summed E-state index contributed by atoms with van der Waals surface area (Å²) in [6.45, 7) is 4.70. The van der Waals surface area contributed by atoms with Gasteiger partial charge in [-0.15, -0.1) is 0 Å². The molecule has 0 radical (unpaired) electrons. The largest absolute Gasteiger partial charge is 0.301 e. The third kappa shape index (κ3) is 2.12. The van der Waals surface area contributed by atoms with Gasteiger partial charge in [-0.25, -0.2) is 4.98 Å². The standard InChI is InChI=1S/C16H21FN2OS/c1-14-3-10-4-15(2,7-14)9-16(5-10,8-14)12(20)19-13-18-6-11(17)21-13/h6,10H,3-5,7-9H2,1-2H3,(H,18,19,20). The first-order chi connectivity index (χ1) is 9.80. The normalized spacial score (nSPS) is 44.0. The van der Waals surface area contributed by atoms with E-state index in [4.69, 9.17) is 0 Å². The number of nitrogens with one attached hydrogen (secondary N) is 1. The van der Waals surface area contributed by atoms with Crippen molar-refractivity contribution >= 4 is 22.4 Å². The van der Waals surface area contributed by atoms with E-state index >= 15 is 0 Å². The van der Waals surface area contributed by atoms with Crippen LogP contribution < -0.4 is 5.32 Å². The van der Waals surface area contributed by atoms with Gasteiger partial charge in [-0.05, 0) is 55.3 Å². The number of thiazole rings is 1. The highest BCUT2D eigenvalue weighted by Gasteiger charge is 2.62. The lowest BCUT2D eigenvalue weighted by molar-refractivity contribution is -0.165. The fraction of sp³-hybridized carbons (Fsp3) is 0.750. The van der Waals surface area contributed by atoms with E-state index in [1.807, 2.05) is 0 Å². The van der Waals surface area contributed by atoms with Crippen LogP contribution in [0.2, 0.25) is 0 Å². The van der Waals surface area contributed by atoms with Crippen molar-refractivity contribution in [2.75, 3.05) is 5.32 Å². The predicted octanol–water partition coefficient (Wildman–Crippen LogP) is 4.22. The third-order valence-electron chi connectivity index (χ3n) is 5.81. The molecular formula is C16H21FN2OS. The van der Waals surface area contributed by atoms with Gasteiger partial charge in [-0.2, -0.15) is 4.39 Å². The molecule has 4 bridgehead atoms. The summed E-state index contributed by atoms with van der Waals surface area (Å²) in [5.41, 5.74) is 0.352. The Bertz CT molecular complexity index is 595. The zero-order valence-corrected chi connectivity index (χ0v) is 13.4. The predicted molar refractivity (Wildman–Crippen MR) is 80.5 cm³/mol. The summed E-state index contributed by atoms with van der Waals surface area (Å²) in [6, 6.07) is 0. The maximum absolute atomic E-state index is 13.1. The van der Waals surface area contributed by atoms with Gasteiger partial charge in [0, 0.05) is 0 Å². The summed E-state index contributed by atoms with van der Waals surface area (Å²) in [6.07, 6.45) is 7.91. The van der Waals surface area contributed by atoms with Gasteiger partial charge < -0.3 is 5.32 Å². The molecule has 4 fully saturated rings. The average Bonchev–Trinajstić information content (AvgIpc) is 2.69. The maximum atomic E-state index is 13.1. The van der Waals surface area contributed by atoms with Crippen molar-refractivity contribution < 1.29 is 9.18 Å². The summed E-state index contributed by atoms with van der Waals surface area (Å²) in [7, 11) is 0. The lowest BCUT2D eigenvalue weighted by Crippen LogP contribution is -2.58. The van der Waals surface area contributed by atoms with Crippen molar-refractivity contribution in [2.45, 2.75) is 52.4 Å². The molecule has 2 unspecified atom stereocenters. The quantitative estimate of drug-likeness (QED) is 0.889. The molecule has 21 heavy (non-hydrogen) atoms. The van der Waals surface area contributed by atoms with E-state index in [1.165, 1.54) is 25.5 Å². The topological polar surface area (TPSA) is 42.0 Å². The van der Waals surface area contributed by atoms with Crippen LogP contribution in [0.5, 0.6) is 0 Å². The second kappa shape index (κ2) is 4.06. The number of anilines is 1. The van der Waals surface area contributed by atoms with Gasteiger partial charge in [0.05, 0.1) is 11.6 Å². The van der Waals surface area contributed by atoms with E-state index in [-0.39, 0.29) is 16.5 Å². The summed E-state index contributed by atoms with van der Waals surface area (Å²) < 4.78 is 13.1. The van der Waals surface area contributed by atoms with Crippen molar-refractivity contribution in [3.8, 4) is 0 Å². The molecule has 4 aliphatic rings. The summed E-state index contributed by atoms with van der Waals surface area (Å²) in [5.74, 6) is 0.744. The van der Waals surface area contributed by atoms with Gasteiger partial charge in [-0.1, -0.05) is 25.2 Å². The SMILES string of the molecule is CC12CC3CC(C)(C1)CC(C(=O)Nc1ncc(F)s1)(C3)C2. The lowest BCUT2D eigenvalue weighted by atomic mass is 9.40. The number of hydrogen-bond acceptors (Lipinski definition) is 3. The van der Waals surface area contributed by atoms with Gasteiger partial charge in [0.1, 0.15) is 0 Å². The summed E-state index contributed by atoms with van der Waals surface area (Å²) in [5, 5.41) is 2.92. The van der Waals surface area contributed by atoms with Crippen molar-refractivity contribution in [1.82, 2.24) is 4.98 Å². The summed E-state index contributed by atoms with van der Waals surface area (Å²) >= 11 is 0.909. The minimum atomic E-state index is -0.352. The molecule has 5 heteroatoms. The van der Waals surface area contributed by atoms with Crippen molar-refractivity contribution in [3.05, 3.63) is 11.3 Å². The number of nitrogens with zero attached hydrogens (tertiary/aromatic N) is 1. The van der Waals surface area contributed by atoms with Crippen molar-refractivity contribution in [3.63, 3.8) is 0 Å². The number of rotatable bonds is 2. The Kier molecular flexibility index (Phi) is 2.64. The number of amides is 1. The van der Waals surface area contributed by atoms with Crippen LogP contribution in [0, 0.1) is 27.3 Å². The van der Waals surface area contributed by atoms with E-state index in [9.17, 15) is 9.18 Å². The van der Waals surface area contributed by atoms with Gasteiger partial charge in [0.25, 0.3) is 0 Å². The van der Waals surface area contributed by atoms with Crippen LogP contribution in [0.15, 0.2) is 6.20 Å². The first-order valence-corrected chi connectivity index (χ1v) is 8.55. The minimum Gasteiger partial charge on any atom is -0.301 e. The van der Waals surface area contributed by atoms with E-state index < -0.39 is 0 Å². The van der Waals surface area contributed by atoms with Crippen LogP contribution in [0.3, 0.4) is 0 Å². The van der Waals surface area contributed by atoms with Crippen molar-refractivity contribution in [2.24, 2.45) is 22.2 Å². The fourth-order valence-corrected chi connectivity index (χ4v) is 6.78. The van der Waals surface area contributed by atoms with Crippen LogP contribution in [-0.2, 0) is 4.79 Å². The van der Waals surface area contributed by atoms with E-state index in [1.54, 1.807) is 0 Å². The van der Waals surface area contributed by atoms with E-state index in [0.717, 1.165) is 30.6 Å². The smallest absolute Gasteiger partial charge is 0.232 e. The summed E-state index contributed by atoms with van der Waals surface area (Å²) in [4.78, 5) is 16.8. The number of aromatic nitrogens is 1. The molecule has 1 amide bonds. The Hall–Kier alpha value is -0.970. The van der Waals surface area contributed by atoms with Gasteiger partial charge in [0.2, 0.25) is 5.91 Å². The van der Waals surface area contributed by atoms with Crippen molar-refractivity contribution in [1.29, 1.82) is 0 Å². The Balaban J connectivity index is 1.63. The minimum absolute atomic E-state index is 0.0680. The molecule has 1 aromatic heterocycles. The second-order valence-corrected chi connectivity index (χ2v) is 9.31. The Labute approximate surface area is 128 Å². The molecule has 1 heterocycles. The molecule has 4 aliphatic carbocycles. The van der Waals surface area contributed by atoms with Crippen LogP contribution in [0.25, 0.3) is 0 Å². The first-order valence-electron chi connectivity index (χ1n) is 7.73. The molecule has 0 spiro atoms. The third-order valence-corrected chi connectivity index (χ3v) is 6.51. The second-order valence-electron chi connectivity index (χ2n) is 8.33. The number of halogens is 1. The molecule has 0 saturated heterocycles. The van der Waals surface area contributed by atoms with Gasteiger partial charge in [0.15, 0.2) is 10.3 Å². The maximum Gasteiger partial charge on any atom is 0.232 e. The van der Waals surface area contributed by atoms with Gasteiger partial charge >= 0.3 is 0 Å². The Morgan fingerprint density at radius 2 is 1.95 bits per heavy atom. The fourth-order valence-electron chi connectivity index (χ4n) is 6.24. The van der Waals surface area contributed by atoms with Crippen LogP contribution >= 0.6 is 11.3 Å². The molecule has 0 aromatic carbocycles. The zero-order chi connectivity index (χ0) is 14.9. The van der Waals surface area contributed by atoms with Crippen LogP contribution in [0.1, 0.15) is 52.4 Å². The molecule has 2 atom stereocenters. The molecule has 0 aliphatic heterocycles. The lowest BCUT2D eigenvalue weighted by Gasteiger charge is -2.64. The molecule has 3 nitrogen and oxygen atoms in total.